The van der Waals surface area contributed by atoms with E-state index in [0.717, 1.165) is 18.3 Å². The third-order valence-electron chi connectivity index (χ3n) is 4.10. The summed E-state index contributed by atoms with van der Waals surface area (Å²) in [5, 5.41) is 8.57. The zero-order valence-corrected chi connectivity index (χ0v) is 17.2. The van der Waals surface area contributed by atoms with E-state index in [1.54, 1.807) is 0 Å². The minimum Gasteiger partial charge on any atom is -0.368 e. The summed E-state index contributed by atoms with van der Waals surface area (Å²) in [7, 11) is -3.67. The number of nitrogens with zero attached hydrogens (tertiary/aromatic N) is 3. The van der Waals surface area contributed by atoms with E-state index in [2.05, 4.69) is 25.5 Å². The lowest BCUT2D eigenvalue weighted by atomic mass is 9.99. The van der Waals surface area contributed by atoms with Crippen LogP contribution < -0.4 is 11.1 Å². The molecular weight excluding hydrogens is 445 g/mol. The molecular formula is C17H16ClF3N6O2S. The normalized spacial score (nSPS) is 12.4. The van der Waals surface area contributed by atoms with Gasteiger partial charge in [-0.2, -0.15) is 13.2 Å². The van der Waals surface area contributed by atoms with Crippen molar-refractivity contribution in [3.05, 3.63) is 41.0 Å². The summed E-state index contributed by atoms with van der Waals surface area (Å²) in [6.07, 6.45) is -3.70. The number of pyridine rings is 1. The van der Waals surface area contributed by atoms with E-state index in [1.807, 2.05) is 0 Å². The molecule has 160 valence electrons. The van der Waals surface area contributed by atoms with Gasteiger partial charge >= 0.3 is 6.18 Å². The number of rotatable bonds is 5. The van der Waals surface area contributed by atoms with E-state index in [-0.39, 0.29) is 38.8 Å². The highest BCUT2D eigenvalue weighted by atomic mass is 35.5. The number of sulfone groups is 1. The van der Waals surface area contributed by atoms with Crippen molar-refractivity contribution >= 4 is 39.0 Å². The second kappa shape index (κ2) is 7.76. The molecule has 2 heterocycles. The molecule has 0 aliphatic carbocycles. The number of alkyl halides is 3. The topological polar surface area (TPSA) is 127 Å². The lowest BCUT2D eigenvalue weighted by molar-refractivity contribution is -0.137. The number of aromatic amines is 1. The molecule has 0 unspecified atom stereocenters. The van der Waals surface area contributed by atoms with Crippen LogP contribution in [0.3, 0.4) is 0 Å². The highest BCUT2D eigenvalue weighted by Gasteiger charge is 2.35. The number of hydrogen-bond donors (Lipinski definition) is 3. The number of halogens is 4. The smallest absolute Gasteiger partial charge is 0.368 e. The minimum atomic E-state index is -4.75. The van der Waals surface area contributed by atoms with Crippen LogP contribution in [0.2, 0.25) is 5.02 Å². The van der Waals surface area contributed by atoms with Crippen LogP contribution in [0, 0.1) is 0 Å². The number of hydrogen-bond acceptors (Lipinski definition) is 7. The quantitative estimate of drug-likeness (QED) is 0.524. The largest absolute Gasteiger partial charge is 0.417 e. The fourth-order valence-electron chi connectivity index (χ4n) is 2.60. The molecule has 0 saturated heterocycles. The Bertz CT molecular complexity index is 1180. The average molecular weight is 461 g/mol. The SMILES string of the molecule is CC(C)S(=O)(=O)c1ccc(-c2c(Cl)cc(Nc3nnc(N)[nH]3)cc2C(F)(F)F)cn1. The first-order valence-corrected chi connectivity index (χ1v) is 10.4. The van der Waals surface area contributed by atoms with Gasteiger partial charge in [-0.05, 0) is 38.1 Å². The van der Waals surface area contributed by atoms with Gasteiger partial charge in [0.25, 0.3) is 0 Å². The zero-order valence-electron chi connectivity index (χ0n) is 15.6. The van der Waals surface area contributed by atoms with E-state index in [1.165, 1.54) is 26.0 Å². The number of H-pyrrole nitrogens is 1. The van der Waals surface area contributed by atoms with Crippen LogP contribution in [0.5, 0.6) is 0 Å². The van der Waals surface area contributed by atoms with Gasteiger partial charge in [0.1, 0.15) is 0 Å². The standard InChI is InChI=1S/C17H16ClF3N6O2S/c1-8(2)30(28,29)13-4-3-9(7-23-13)14-11(17(19,20)21)5-10(6-12(14)18)24-16-25-15(22)26-27-16/h3-8H,1-2H3,(H4,22,24,25,26,27). The molecule has 0 fully saturated rings. The Morgan fingerprint density at radius 1 is 1.20 bits per heavy atom. The summed E-state index contributed by atoms with van der Waals surface area (Å²) in [5.41, 5.74) is 4.05. The molecule has 4 N–H and O–H groups in total. The Balaban J connectivity index is 2.08. The van der Waals surface area contributed by atoms with Gasteiger partial charge in [0.2, 0.25) is 11.9 Å². The van der Waals surface area contributed by atoms with Crippen LogP contribution >= 0.6 is 11.6 Å². The van der Waals surface area contributed by atoms with Crippen LogP contribution in [0.25, 0.3) is 11.1 Å². The molecule has 3 aromatic rings. The molecule has 0 aliphatic rings. The van der Waals surface area contributed by atoms with Gasteiger partial charge in [-0.1, -0.05) is 11.6 Å². The van der Waals surface area contributed by atoms with Gasteiger partial charge in [0.15, 0.2) is 14.9 Å². The third-order valence-corrected chi connectivity index (χ3v) is 6.46. The molecule has 0 atom stereocenters. The van der Waals surface area contributed by atoms with Gasteiger partial charge in [-0.3, -0.25) is 4.98 Å². The maximum absolute atomic E-state index is 13.8. The van der Waals surface area contributed by atoms with E-state index in [4.69, 9.17) is 17.3 Å². The summed E-state index contributed by atoms with van der Waals surface area (Å²) in [6.45, 7) is 2.97. The van der Waals surface area contributed by atoms with Crippen LogP contribution in [0.1, 0.15) is 19.4 Å². The number of anilines is 3. The Hall–Kier alpha value is -2.86. The highest BCUT2D eigenvalue weighted by Crippen LogP contribution is 2.43. The summed E-state index contributed by atoms with van der Waals surface area (Å²) in [5.74, 6) is 0.0214. The number of aromatic nitrogens is 4. The van der Waals surface area contributed by atoms with Crippen molar-refractivity contribution in [1.82, 2.24) is 20.2 Å². The first-order chi connectivity index (χ1) is 13.9. The van der Waals surface area contributed by atoms with Gasteiger partial charge in [0.05, 0.1) is 15.8 Å². The first kappa shape index (κ1) is 21.8. The Morgan fingerprint density at radius 3 is 2.40 bits per heavy atom. The van der Waals surface area contributed by atoms with Crippen LogP contribution in [0.15, 0.2) is 35.5 Å². The monoisotopic (exact) mass is 460 g/mol. The van der Waals surface area contributed by atoms with Gasteiger partial charge < -0.3 is 11.1 Å². The van der Waals surface area contributed by atoms with Crippen molar-refractivity contribution in [2.75, 3.05) is 11.1 Å². The second-order valence-electron chi connectivity index (χ2n) is 6.54. The van der Waals surface area contributed by atoms with Crippen molar-refractivity contribution in [3.63, 3.8) is 0 Å². The van der Waals surface area contributed by atoms with Gasteiger partial charge in [-0.25, -0.2) is 13.4 Å². The van der Waals surface area contributed by atoms with E-state index in [0.29, 0.717) is 0 Å². The van der Waals surface area contributed by atoms with Crippen LogP contribution in [-0.2, 0) is 16.0 Å². The third kappa shape index (κ3) is 4.33. The number of nitrogens with two attached hydrogens (primary N) is 1. The predicted molar refractivity (Wildman–Crippen MR) is 106 cm³/mol. The molecule has 2 aromatic heterocycles. The minimum absolute atomic E-state index is 0.000750. The lowest BCUT2D eigenvalue weighted by Gasteiger charge is -2.17. The fraction of sp³-hybridized carbons (Fsp3) is 0.235. The lowest BCUT2D eigenvalue weighted by Crippen LogP contribution is -2.15. The van der Waals surface area contributed by atoms with Crippen molar-refractivity contribution in [1.29, 1.82) is 0 Å². The van der Waals surface area contributed by atoms with Crippen molar-refractivity contribution < 1.29 is 21.6 Å². The molecule has 13 heteroatoms. The second-order valence-corrected chi connectivity index (χ2v) is 9.40. The molecule has 8 nitrogen and oxygen atoms in total. The van der Waals surface area contributed by atoms with Crippen molar-refractivity contribution in [2.24, 2.45) is 0 Å². The maximum Gasteiger partial charge on any atom is 0.417 e. The number of nitrogen functional groups attached to an aromatic ring is 1. The van der Waals surface area contributed by atoms with Crippen molar-refractivity contribution in [3.8, 4) is 11.1 Å². The molecule has 0 radical (unpaired) electrons. The average Bonchev–Trinajstić information content (AvgIpc) is 3.05. The van der Waals surface area contributed by atoms with Crippen molar-refractivity contribution in [2.45, 2.75) is 30.3 Å². The van der Waals surface area contributed by atoms with E-state index in [9.17, 15) is 21.6 Å². The van der Waals surface area contributed by atoms with Crippen LogP contribution in [0.4, 0.5) is 30.8 Å². The molecule has 0 spiro atoms. The molecule has 30 heavy (non-hydrogen) atoms. The molecule has 0 saturated carbocycles. The number of nitrogens with one attached hydrogen (secondary N) is 2. The zero-order chi connectivity index (χ0) is 22.3. The fourth-order valence-corrected chi connectivity index (χ4v) is 3.87. The van der Waals surface area contributed by atoms with Crippen LogP contribution in [-0.4, -0.2) is 33.8 Å². The summed E-state index contributed by atoms with van der Waals surface area (Å²) >= 11 is 6.17. The number of benzene rings is 1. The maximum atomic E-state index is 13.8. The van der Waals surface area contributed by atoms with Gasteiger partial charge in [0, 0.05) is 23.0 Å². The predicted octanol–water partition coefficient (Wildman–Crippen LogP) is 4.05. The molecule has 0 bridgehead atoms. The Labute approximate surface area is 174 Å². The molecule has 1 aromatic carbocycles. The molecule has 0 aliphatic heterocycles. The highest BCUT2D eigenvalue weighted by molar-refractivity contribution is 7.91. The first-order valence-electron chi connectivity index (χ1n) is 8.46. The molecule has 0 amide bonds. The van der Waals surface area contributed by atoms with Gasteiger partial charge in [-0.15, -0.1) is 10.2 Å². The summed E-state index contributed by atoms with van der Waals surface area (Å²) < 4.78 is 65.6. The Kier molecular flexibility index (Phi) is 5.65. The Morgan fingerprint density at radius 2 is 1.90 bits per heavy atom. The summed E-state index contributed by atoms with van der Waals surface area (Å²) in [4.78, 5) is 6.37. The summed E-state index contributed by atoms with van der Waals surface area (Å²) in [6, 6.07) is 4.51. The van der Waals surface area contributed by atoms with E-state index < -0.39 is 26.8 Å². The van der Waals surface area contributed by atoms with E-state index >= 15 is 0 Å². The molecule has 3 rings (SSSR count).